The minimum Gasteiger partial charge on any atom is -0.321 e. The molecule has 2 N–H and O–H groups in total. The lowest BCUT2D eigenvalue weighted by atomic mass is 9.99. The van der Waals surface area contributed by atoms with Crippen LogP contribution in [0.25, 0.3) is 0 Å². The van der Waals surface area contributed by atoms with Crippen LogP contribution in [0, 0.1) is 6.92 Å². The zero-order valence-electron chi connectivity index (χ0n) is 10.1. The number of aryl methyl sites for hydroxylation is 1. The third-order valence-corrected chi connectivity index (χ3v) is 3.79. The van der Waals surface area contributed by atoms with Crippen LogP contribution in [-0.2, 0) is 5.54 Å². The zero-order chi connectivity index (χ0) is 11.9. The smallest absolute Gasteiger partial charge is 0.0486 e. The van der Waals surface area contributed by atoms with E-state index in [4.69, 9.17) is 5.73 Å². The van der Waals surface area contributed by atoms with E-state index < -0.39 is 0 Å². The number of nitrogens with two attached hydrogens (primary N) is 1. The third-order valence-electron chi connectivity index (χ3n) is 3.79. The van der Waals surface area contributed by atoms with Crippen LogP contribution in [0.2, 0.25) is 0 Å². The van der Waals surface area contributed by atoms with Crippen molar-refractivity contribution in [3.63, 3.8) is 0 Å². The maximum Gasteiger partial charge on any atom is 0.0486 e. The Labute approximate surface area is 102 Å². The van der Waals surface area contributed by atoms with Gasteiger partial charge in [0.1, 0.15) is 0 Å². The molecule has 0 bridgehead atoms. The Bertz CT molecular complexity index is 515. The van der Waals surface area contributed by atoms with Gasteiger partial charge in [0.05, 0.1) is 0 Å². The van der Waals surface area contributed by atoms with Crippen LogP contribution in [0.5, 0.6) is 0 Å². The van der Waals surface area contributed by atoms with E-state index in [-0.39, 0.29) is 5.54 Å². The summed E-state index contributed by atoms with van der Waals surface area (Å²) < 4.78 is 0. The fourth-order valence-electron chi connectivity index (χ4n) is 2.56. The summed E-state index contributed by atoms with van der Waals surface area (Å²) in [6.07, 6.45) is 1.06. The van der Waals surface area contributed by atoms with Crippen LogP contribution in [0.3, 0.4) is 0 Å². The van der Waals surface area contributed by atoms with E-state index in [2.05, 4.69) is 61.5 Å². The Hall–Kier alpha value is -1.60. The van der Waals surface area contributed by atoms with Crippen molar-refractivity contribution in [3.05, 3.63) is 71.3 Å². The van der Waals surface area contributed by atoms with Crippen molar-refractivity contribution in [3.8, 4) is 0 Å². The molecule has 1 heteroatoms. The van der Waals surface area contributed by atoms with E-state index >= 15 is 0 Å². The molecular weight excluding hydrogens is 206 g/mol. The number of hydrogen-bond donors (Lipinski definition) is 1. The van der Waals surface area contributed by atoms with Crippen LogP contribution >= 0.6 is 0 Å². The van der Waals surface area contributed by atoms with Gasteiger partial charge in [-0.05, 0) is 24.5 Å². The highest BCUT2D eigenvalue weighted by Gasteiger charge is 2.52. The normalized spacial score (nSPS) is 26.8. The molecule has 2 aromatic rings. The van der Waals surface area contributed by atoms with Crippen LogP contribution in [0.4, 0.5) is 0 Å². The predicted molar refractivity (Wildman–Crippen MR) is 70.8 cm³/mol. The van der Waals surface area contributed by atoms with Crippen molar-refractivity contribution in [2.24, 2.45) is 5.73 Å². The van der Waals surface area contributed by atoms with Crippen LogP contribution in [-0.4, -0.2) is 0 Å². The summed E-state index contributed by atoms with van der Waals surface area (Å²) in [5.41, 5.74) is 10.3. The van der Waals surface area contributed by atoms with E-state index in [1.165, 1.54) is 16.7 Å². The highest BCUT2D eigenvalue weighted by Crippen LogP contribution is 2.56. The molecule has 1 nitrogen and oxygen atoms in total. The van der Waals surface area contributed by atoms with Gasteiger partial charge in [-0.3, -0.25) is 0 Å². The van der Waals surface area contributed by atoms with E-state index in [0.717, 1.165) is 6.42 Å². The van der Waals surface area contributed by atoms with Crippen molar-refractivity contribution in [1.82, 2.24) is 0 Å². The SMILES string of the molecule is Cc1ccc(C2(N)CC2c2ccccc2)cc1. The Morgan fingerprint density at radius 2 is 1.65 bits per heavy atom. The summed E-state index contributed by atoms with van der Waals surface area (Å²) in [6, 6.07) is 19.2. The molecule has 0 aromatic heterocycles. The second kappa shape index (κ2) is 3.71. The van der Waals surface area contributed by atoms with Crippen molar-refractivity contribution in [2.75, 3.05) is 0 Å². The Morgan fingerprint density at radius 3 is 2.29 bits per heavy atom. The fraction of sp³-hybridized carbons (Fsp3) is 0.250. The quantitative estimate of drug-likeness (QED) is 0.830. The summed E-state index contributed by atoms with van der Waals surface area (Å²) in [5.74, 6) is 0.478. The first-order valence-corrected chi connectivity index (χ1v) is 6.11. The van der Waals surface area contributed by atoms with Gasteiger partial charge in [0.2, 0.25) is 0 Å². The molecule has 0 aliphatic heterocycles. The van der Waals surface area contributed by atoms with Crippen molar-refractivity contribution >= 4 is 0 Å². The molecule has 2 aromatic carbocycles. The van der Waals surface area contributed by atoms with Gasteiger partial charge in [0.25, 0.3) is 0 Å². The minimum atomic E-state index is -0.144. The van der Waals surface area contributed by atoms with Crippen LogP contribution < -0.4 is 5.73 Å². The molecule has 0 amide bonds. The molecule has 86 valence electrons. The molecule has 17 heavy (non-hydrogen) atoms. The Morgan fingerprint density at radius 1 is 1.00 bits per heavy atom. The Kier molecular flexibility index (Phi) is 2.30. The lowest BCUT2D eigenvalue weighted by Crippen LogP contribution is -2.21. The molecule has 0 heterocycles. The average Bonchev–Trinajstić information content (AvgIpc) is 3.05. The van der Waals surface area contributed by atoms with Crippen LogP contribution in [0.1, 0.15) is 29.0 Å². The van der Waals surface area contributed by atoms with Gasteiger partial charge in [-0.2, -0.15) is 0 Å². The summed E-state index contributed by atoms with van der Waals surface area (Å²) in [7, 11) is 0. The highest BCUT2D eigenvalue weighted by molar-refractivity contribution is 5.42. The molecule has 1 aliphatic rings. The number of benzene rings is 2. The third kappa shape index (κ3) is 1.77. The van der Waals surface area contributed by atoms with E-state index in [1.807, 2.05) is 0 Å². The molecule has 1 aliphatic carbocycles. The van der Waals surface area contributed by atoms with E-state index in [9.17, 15) is 0 Å². The number of rotatable bonds is 2. The van der Waals surface area contributed by atoms with Gasteiger partial charge >= 0.3 is 0 Å². The fourth-order valence-corrected chi connectivity index (χ4v) is 2.56. The highest BCUT2D eigenvalue weighted by atomic mass is 14.9. The van der Waals surface area contributed by atoms with E-state index in [1.54, 1.807) is 0 Å². The maximum atomic E-state index is 6.49. The zero-order valence-corrected chi connectivity index (χ0v) is 10.1. The molecule has 1 fully saturated rings. The maximum absolute atomic E-state index is 6.49. The lowest BCUT2D eigenvalue weighted by molar-refractivity contribution is 0.705. The second-order valence-corrected chi connectivity index (χ2v) is 5.07. The number of hydrogen-bond acceptors (Lipinski definition) is 1. The molecule has 1 saturated carbocycles. The molecule has 0 saturated heterocycles. The van der Waals surface area contributed by atoms with Gasteiger partial charge in [-0.15, -0.1) is 0 Å². The average molecular weight is 223 g/mol. The standard InChI is InChI=1S/C16H17N/c1-12-7-9-14(10-8-12)16(17)11-15(16)13-5-3-2-4-6-13/h2-10,15H,11,17H2,1H3. The van der Waals surface area contributed by atoms with Gasteiger partial charge in [-0.1, -0.05) is 60.2 Å². The Balaban J connectivity index is 1.89. The largest absolute Gasteiger partial charge is 0.321 e. The van der Waals surface area contributed by atoms with Crippen molar-refractivity contribution in [2.45, 2.75) is 24.8 Å². The van der Waals surface area contributed by atoms with Crippen LogP contribution in [0.15, 0.2) is 54.6 Å². The summed E-state index contributed by atoms with van der Waals surface area (Å²) in [4.78, 5) is 0. The first kappa shape index (κ1) is 10.5. The molecular formula is C16H17N. The summed E-state index contributed by atoms with van der Waals surface area (Å²) in [6.45, 7) is 2.11. The van der Waals surface area contributed by atoms with Gasteiger partial charge in [-0.25, -0.2) is 0 Å². The van der Waals surface area contributed by atoms with E-state index in [0.29, 0.717) is 5.92 Å². The molecule has 2 atom stereocenters. The predicted octanol–water partition coefficient (Wildman–Crippen LogP) is 3.34. The topological polar surface area (TPSA) is 26.0 Å². The molecule has 3 rings (SSSR count). The second-order valence-electron chi connectivity index (χ2n) is 5.07. The van der Waals surface area contributed by atoms with Gasteiger partial charge in [0, 0.05) is 11.5 Å². The van der Waals surface area contributed by atoms with Crippen molar-refractivity contribution in [1.29, 1.82) is 0 Å². The first-order chi connectivity index (χ1) is 8.20. The summed E-state index contributed by atoms with van der Waals surface area (Å²) in [5, 5.41) is 0. The van der Waals surface area contributed by atoms with Gasteiger partial charge in [0.15, 0.2) is 0 Å². The molecule has 0 spiro atoms. The molecule has 2 unspecified atom stereocenters. The first-order valence-electron chi connectivity index (χ1n) is 6.11. The monoisotopic (exact) mass is 223 g/mol. The van der Waals surface area contributed by atoms with Gasteiger partial charge < -0.3 is 5.73 Å². The molecule has 0 radical (unpaired) electrons. The summed E-state index contributed by atoms with van der Waals surface area (Å²) >= 11 is 0. The van der Waals surface area contributed by atoms with Crippen molar-refractivity contribution < 1.29 is 0 Å². The lowest BCUT2D eigenvalue weighted by Gasteiger charge is -2.12. The minimum absolute atomic E-state index is 0.144.